The summed E-state index contributed by atoms with van der Waals surface area (Å²) >= 11 is 0. The molecular weight excluding hydrogens is 160 g/mol. The third-order valence-corrected chi connectivity index (χ3v) is 0.954. The predicted octanol–water partition coefficient (Wildman–Crippen LogP) is 0.583. The second-order valence-corrected chi connectivity index (χ2v) is 1.90. The molecule has 1 rings (SSSR count). The Morgan fingerprint density at radius 3 is 2.33 bits per heavy atom. The van der Waals surface area contributed by atoms with Crippen molar-refractivity contribution in [3.05, 3.63) is 23.7 Å². The van der Waals surface area contributed by atoms with Crippen LogP contribution >= 0.6 is 0 Å². The van der Waals surface area contributed by atoms with Gasteiger partial charge in [0.1, 0.15) is 12.4 Å². The van der Waals surface area contributed by atoms with Crippen LogP contribution in [0.5, 0.6) is 0 Å². The molecule has 1 heterocycles. The van der Waals surface area contributed by atoms with Crippen LogP contribution in [-0.4, -0.2) is 23.1 Å². The molecule has 0 fully saturated rings. The molecule has 0 unspecified atom stereocenters. The number of rotatable bonds is 2. The van der Waals surface area contributed by atoms with Gasteiger partial charge in [-0.3, -0.25) is 4.79 Å². The number of hydrogen-bond donors (Lipinski definition) is 2. The smallest absolute Gasteiger partial charge is 0.185 e. The highest BCUT2D eigenvalue weighted by Crippen LogP contribution is 2.03. The lowest BCUT2D eigenvalue weighted by atomic mass is 10.4. The topological polar surface area (TPSA) is 70.7 Å². The number of hydrogen-bond acceptors (Lipinski definition) is 4. The van der Waals surface area contributed by atoms with E-state index < -0.39 is 0 Å². The molecule has 0 saturated heterocycles. The summed E-state index contributed by atoms with van der Waals surface area (Å²) in [6, 6.07) is 3.07. The summed E-state index contributed by atoms with van der Waals surface area (Å²) in [7, 11) is 0. The van der Waals surface area contributed by atoms with E-state index in [4.69, 9.17) is 14.6 Å². The maximum absolute atomic E-state index is 9.96. The molecule has 1 aromatic heterocycles. The summed E-state index contributed by atoms with van der Waals surface area (Å²) in [5.74, 6) is 0.663. The Kier molecular flexibility index (Phi) is 5.95. The maximum Gasteiger partial charge on any atom is 0.185 e. The Bertz CT molecular complexity index is 217. The third kappa shape index (κ3) is 3.90. The zero-order chi connectivity index (χ0) is 9.40. The molecule has 0 bridgehead atoms. The van der Waals surface area contributed by atoms with Crippen molar-refractivity contribution in [1.29, 1.82) is 0 Å². The van der Waals surface area contributed by atoms with Gasteiger partial charge in [0.25, 0.3) is 0 Å². The number of furan rings is 1. The molecule has 0 spiro atoms. The van der Waals surface area contributed by atoms with Crippen molar-refractivity contribution >= 4 is 6.29 Å². The van der Waals surface area contributed by atoms with Crippen LogP contribution in [0.4, 0.5) is 0 Å². The van der Waals surface area contributed by atoms with Crippen LogP contribution in [0.3, 0.4) is 0 Å². The largest absolute Gasteiger partial charge is 0.456 e. The van der Waals surface area contributed by atoms with Gasteiger partial charge < -0.3 is 14.6 Å². The summed E-state index contributed by atoms with van der Waals surface area (Å²) in [4.78, 5) is 9.96. The Morgan fingerprint density at radius 1 is 1.50 bits per heavy atom. The first-order valence-electron chi connectivity index (χ1n) is 3.54. The van der Waals surface area contributed by atoms with Crippen LogP contribution in [0.25, 0.3) is 0 Å². The lowest BCUT2D eigenvalue weighted by Gasteiger charge is -1.82. The molecule has 12 heavy (non-hydrogen) atoms. The van der Waals surface area contributed by atoms with Crippen molar-refractivity contribution in [1.82, 2.24) is 0 Å². The fraction of sp³-hybridized carbons (Fsp3) is 0.375. The highest BCUT2D eigenvalue weighted by molar-refractivity contribution is 5.70. The molecule has 0 saturated carbocycles. The second-order valence-electron chi connectivity index (χ2n) is 1.90. The Hall–Kier alpha value is -1.13. The van der Waals surface area contributed by atoms with E-state index in [9.17, 15) is 4.79 Å². The molecule has 1 aromatic rings. The van der Waals surface area contributed by atoms with E-state index in [0.29, 0.717) is 12.0 Å². The van der Waals surface area contributed by atoms with Crippen molar-refractivity contribution in [2.75, 3.05) is 6.61 Å². The Balaban J connectivity index is 0.000000354. The van der Waals surface area contributed by atoms with Crippen LogP contribution < -0.4 is 0 Å². The van der Waals surface area contributed by atoms with Crippen LogP contribution in [0.15, 0.2) is 16.5 Å². The summed E-state index contributed by atoms with van der Waals surface area (Å²) in [5.41, 5.74) is 0. The first-order valence-corrected chi connectivity index (χ1v) is 3.54. The van der Waals surface area contributed by atoms with E-state index in [1.165, 1.54) is 6.07 Å². The quantitative estimate of drug-likeness (QED) is 0.640. The van der Waals surface area contributed by atoms with Gasteiger partial charge in [-0.1, -0.05) is 0 Å². The molecule has 4 nitrogen and oxygen atoms in total. The summed E-state index contributed by atoms with van der Waals surface area (Å²) in [5, 5.41) is 16.0. The lowest BCUT2D eigenvalue weighted by Crippen LogP contribution is -1.74. The van der Waals surface area contributed by atoms with Crippen LogP contribution in [0.1, 0.15) is 23.2 Å². The summed E-state index contributed by atoms with van der Waals surface area (Å²) in [6.07, 6.45) is 0.596. The van der Waals surface area contributed by atoms with Gasteiger partial charge in [0.2, 0.25) is 0 Å². The fourth-order valence-corrected chi connectivity index (χ4v) is 0.543. The molecule has 4 heteroatoms. The highest BCUT2D eigenvalue weighted by Gasteiger charge is 1.96. The minimum absolute atomic E-state index is 0.159. The highest BCUT2D eigenvalue weighted by atomic mass is 16.4. The number of aliphatic hydroxyl groups is 2. The first kappa shape index (κ1) is 10.9. The van der Waals surface area contributed by atoms with Crippen molar-refractivity contribution in [2.24, 2.45) is 0 Å². The van der Waals surface area contributed by atoms with Gasteiger partial charge >= 0.3 is 0 Å². The number of aliphatic hydroxyl groups excluding tert-OH is 2. The van der Waals surface area contributed by atoms with Crippen molar-refractivity contribution in [3.8, 4) is 0 Å². The maximum atomic E-state index is 9.96. The standard InChI is InChI=1S/C6H6O3.C2H6O/c7-3-5-1-2-6(4-8)9-5;1-2-3/h1-3,8H,4H2;3H,2H2,1H3. The van der Waals surface area contributed by atoms with Crippen LogP contribution in [0.2, 0.25) is 0 Å². The fourth-order valence-electron chi connectivity index (χ4n) is 0.543. The molecule has 0 amide bonds. The average Bonchev–Trinajstić information content (AvgIpc) is 2.53. The van der Waals surface area contributed by atoms with Gasteiger partial charge in [-0.15, -0.1) is 0 Å². The molecule has 0 aliphatic rings. The van der Waals surface area contributed by atoms with E-state index in [1.807, 2.05) is 0 Å². The van der Waals surface area contributed by atoms with Crippen LogP contribution in [-0.2, 0) is 6.61 Å². The number of carbonyl (C=O) groups is 1. The van der Waals surface area contributed by atoms with E-state index in [2.05, 4.69) is 0 Å². The van der Waals surface area contributed by atoms with Gasteiger partial charge in [0.05, 0.1) is 0 Å². The molecule has 0 aromatic carbocycles. The van der Waals surface area contributed by atoms with Gasteiger partial charge in [0, 0.05) is 6.61 Å². The molecule has 2 N–H and O–H groups in total. The zero-order valence-electron chi connectivity index (χ0n) is 6.86. The van der Waals surface area contributed by atoms with Crippen molar-refractivity contribution in [2.45, 2.75) is 13.5 Å². The van der Waals surface area contributed by atoms with E-state index in [-0.39, 0.29) is 19.0 Å². The average molecular weight is 172 g/mol. The van der Waals surface area contributed by atoms with Gasteiger partial charge in [-0.25, -0.2) is 0 Å². The number of aldehydes is 1. The molecule has 0 radical (unpaired) electrons. The summed E-state index contributed by atoms with van der Waals surface area (Å²) < 4.78 is 4.76. The minimum Gasteiger partial charge on any atom is -0.456 e. The normalized spacial score (nSPS) is 8.58. The summed E-state index contributed by atoms with van der Waals surface area (Å²) in [6.45, 7) is 1.77. The van der Waals surface area contributed by atoms with Crippen molar-refractivity contribution < 1.29 is 19.4 Å². The van der Waals surface area contributed by atoms with E-state index in [1.54, 1.807) is 13.0 Å². The van der Waals surface area contributed by atoms with Gasteiger partial charge in [-0.2, -0.15) is 0 Å². The first-order chi connectivity index (χ1) is 5.78. The molecule has 68 valence electrons. The minimum atomic E-state index is -0.159. The molecular formula is C8H12O4. The molecule has 0 aliphatic heterocycles. The molecule has 0 aliphatic carbocycles. The Labute approximate surface area is 70.4 Å². The van der Waals surface area contributed by atoms with E-state index in [0.717, 1.165) is 0 Å². The Morgan fingerprint density at radius 2 is 2.08 bits per heavy atom. The van der Waals surface area contributed by atoms with E-state index >= 15 is 0 Å². The van der Waals surface area contributed by atoms with Crippen LogP contribution in [0, 0.1) is 0 Å². The van der Waals surface area contributed by atoms with Crippen molar-refractivity contribution in [3.63, 3.8) is 0 Å². The lowest BCUT2D eigenvalue weighted by molar-refractivity contribution is 0.109. The zero-order valence-corrected chi connectivity index (χ0v) is 6.86. The molecule has 0 atom stereocenters. The SMILES string of the molecule is CCO.O=Cc1ccc(CO)o1. The predicted molar refractivity (Wildman–Crippen MR) is 42.8 cm³/mol. The monoisotopic (exact) mass is 172 g/mol. The number of carbonyl (C=O) groups excluding carboxylic acids is 1. The van der Waals surface area contributed by atoms with Gasteiger partial charge in [-0.05, 0) is 19.1 Å². The van der Waals surface area contributed by atoms with Gasteiger partial charge in [0.15, 0.2) is 12.0 Å². The third-order valence-electron chi connectivity index (χ3n) is 0.954. The second kappa shape index (κ2) is 6.57.